The molecule has 0 spiro atoms. The van der Waals surface area contributed by atoms with Crippen molar-refractivity contribution < 1.29 is 14.0 Å². The van der Waals surface area contributed by atoms with Crippen LogP contribution >= 0.6 is 0 Å². The second kappa shape index (κ2) is 4.50. The lowest BCUT2D eigenvalue weighted by Crippen LogP contribution is -2.61. The van der Waals surface area contributed by atoms with E-state index in [1.165, 1.54) is 0 Å². The first-order chi connectivity index (χ1) is 7.09. The number of hydrogen-bond acceptors (Lipinski definition) is 4. The zero-order valence-electron chi connectivity index (χ0n) is 11.2. The second-order valence-electron chi connectivity index (χ2n) is 6.19. The minimum absolute atomic E-state index is 0.0458. The molecule has 0 saturated carbocycles. The summed E-state index contributed by atoms with van der Waals surface area (Å²) in [6.45, 7) is 13.7. The summed E-state index contributed by atoms with van der Waals surface area (Å²) in [6, 6.07) is 0. The zero-order valence-corrected chi connectivity index (χ0v) is 13.2. The molecule has 0 N–H and O–H groups in total. The standard InChI is InChI=1S/C10H23NO3Si2/c1-15(2,3)11-8-7-9(11)13-10(12)14-16(4,5)6/h9H,7-8H2,1-6H3/t9-/m0/s1. The molecule has 1 saturated heterocycles. The number of carbonyl (C=O) groups is 1. The van der Waals surface area contributed by atoms with Gasteiger partial charge >= 0.3 is 6.16 Å². The van der Waals surface area contributed by atoms with Gasteiger partial charge < -0.3 is 9.16 Å². The van der Waals surface area contributed by atoms with Crippen LogP contribution in [0.5, 0.6) is 0 Å². The molecule has 0 aromatic carbocycles. The molecule has 1 fully saturated rings. The maximum atomic E-state index is 11.5. The Morgan fingerprint density at radius 1 is 1.19 bits per heavy atom. The van der Waals surface area contributed by atoms with Crippen LogP contribution in [0.4, 0.5) is 4.79 Å². The molecule has 0 aliphatic carbocycles. The van der Waals surface area contributed by atoms with Gasteiger partial charge in [-0.3, -0.25) is 4.57 Å². The van der Waals surface area contributed by atoms with Gasteiger partial charge in [-0.15, -0.1) is 0 Å². The molecular formula is C10H23NO3Si2. The average Bonchev–Trinajstić information content (AvgIpc) is 1.90. The van der Waals surface area contributed by atoms with Gasteiger partial charge in [0.05, 0.1) is 0 Å². The Bertz CT molecular complexity index is 270. The molecule has 0 bridgehead atoms. The molecule has 4 nitrogen and oxygen atoms in total. The predicted octanol–water partition coefficient (Wildman–Crippen LogP) is 2.84. The van der Waals surface area contributed by atoms with E-state index in [-0.39, 0.29) is 6.23 Å². The van der Waals surface area contributed by atoms with E-state index in [1.54, 1.807) is 0 Å². The molecule has 1 heterocycles. The first kappa shape index (κ1) is 13.7. The van der Waals surface area contributed by atoms with E-state index in [1.807, 2.05) is 19.6 Å². The Hall–Kier alpha value is -0.336. The Morgan fingerprint density at radius 3 is 2.06 bits per heavy atom. The first-order valence-corrected chi connectivity index (χ1v) is 12.6. The molecule has 16 heavy (non-hydrogen) atoms. The molecule has 1 aliphatic rings. The van der Waals surface area contributed by atoms with Crippen molar-refractivity contribution in [1.82, 2.24) is 4.57 Å². The summed E-state index contributed by atoms with van der Waals surface area (Å²) in [6.07, 6.45) is 0.396. The molecule has 94 valence electrons. The third-order valence-corrected chi connectivity index (χ3v) is 5.46. The summed E-state index contributed by atoms with van der Waals surface area (Å²) in [5.41, 5.74) is 0. The van der Waals surface area contributed by atoms with Gasteiger partial charge in [-0.05, 0) is 26.2 Å². The lowest BCUT2D eigenvalue weighted by Gasteiger charge is -2.47. The molecule has 1 aliphatic heterocycles. The van der Waals surface area contributed by atoms with E-state index >= 15 is 0 Å². The van der Waals surface area contributed by atoms with Crippen LogP contribution in [0.1, 0.15) is 6.42 Å². The van der Waals surface area contributed by atoms with Crippen LogP contribution in [0.2, 0.25) is 39.3 Å². The highest BCUT2D eigenvalue weighted by molar-refractivity contribution is 6.73. The molecule has 0 amide bonds. The summed E-state index contributed by atoms with van der Waals surface area (Å²) in [7, 11) is -3.18. The van der Waals surface area contributed by atoms with E-state index in [9.17, 15) is 4.79 Å². The van der Waals surface area contributed by atoms with Crippen molar-refractivity contribution in [1.29, 1.82) is 0 Å². The lowest BCUT2D eigenvalue weighted by atomic mass is 10.2. The van der Waals surface area contributed by atoms with Crippen molar-refractivity contribution in [3.8, 4) is 0 Å². The number of nitrogens with zero attached hydrogens (tertiary/aromatic N) is 1. The zero-order chi connectivity index (χ0) is 12.6. The molecule has 1 rings (SSSR count). The largest absolute Gasteiger partial charge is 0.495 e. The minimum Gasteiger partial charge on any atom is -0.490 e. The van der Waals surface area contributed by atoms with E-state index < -0.39 is 22.7 Å². The van der Waals surface area contributed by atoms with Crippen LogP contribution in [0, 0.1) is 0 Å². The number of ether oxygens (including phenoxy) is 1. The molecule has 0 aromatic rings. The van der Waals surface area contributed by atoms with E-state index in [0.29, 0.717) is 0 Å². The highest BCUT2D eigenvalue weighted by Crippen LogP contribution is 2.26. The third kappa shape index (κ3) is 3.91. The summed E-state index contributed by atoms with van der Waals surface area (Å²) >= 11 is 0. The van der Waals surface area contributed by atoms with Crippen molar-refractivity contribution in [3.63, 3.8) is 0 Å². The lowest BCUT2D eigenvalue weighted by molar-refractivity contribution is -0.0528. The SMILES string of the molecule is C[Si](C)(C)OC(=O)O[C@H]1CCN1[Si](C)(C)C. The fourth-order valence-electron chi connectivity index (χ4n) is 1.64. The van der Waals surface area contributed by atoms with Crippen molar-refractivity contribution in [2.45, 2.75) is 51.9 Å². The van der Waals surface area contributed by atoms with Gasteiger partial charge in [0, 0.05) is 6.42 Å². The Balaban J connectivity index is 2.42. The quantitative estimate of drug-likeness (QED) is 0.578. The smallest absolute Gasteiger partial charge is 0.490 e. The van der Waals surface area contributed by atoms with E-state index in [4.69, 9.17) is 9.16 Å². The summed E-state index contributed by atoms with van der Waals surface area (Å²) in [4.78, 5) is 11.5. The maximum Gasteiger partial charge on any atom is 0.495 e. The molecule has 0 radical (unpaired) electrons. The normalized spacial score (nSPS) is 22.5. The van der Waals surface area contributed by atoms with Gasteiger partial charge in [-0.1, -0.05) is 19.6 Å². The Labute approximate surface area is 100 Å². The van der Waals surface area contributed by atoms with Gasteiger partial charge in [-0.25, -0.2) is 4.79 Å². The fraction of sp³-hybridized carbons (Fsp3) is 0.900. The number of hydrogen-bond donors (Lipinski definition) is 0. The van der Waals surface area contributed by atoms with Crippen LogP contribution in [0.3, 0.4) is 0 Å². The van der Waals surface area contributed by atoms with Gasteiger partial charge in [-0.2, -0.15) is 0 Å². The van der Waals surface area contributed by atoms with Gasteiger partial charge in [0.2, 0.25) is 0 Å². The molecule has 1 atom stereocenters. The predicted molar refractivity (Wildman–Crippen MR) is 69.4 cm³/mol. The van der Waals surface area contributed by atoms with Gasteiger partial charge in [0.15, 0.2) is 6.23 Å². The van der Waals surface area contributed by atoms with Crippen molar-refractivity contribution in [2.75, 3.05) is 6.54 Å². The average molecular weight is 261 g/mol. The highest BCUT2D eigenvalue weighted by atomic mass is 28.4. The van der Waals surface area contributed by atoms with Crippen LogP contribution in [0.25, 0.3) is 0 Å². The Kier molecular flexibility index (Phi) is 3.86. The minimum atomic E-state index is -1.83. The number of rotatable bonds is 3. The van der Waals surface area contributed by atoms with Crippen LogP contribution in [0.15, 0.2) is 0 Å². The van der Waals surface area contributed by atoms with Crippen molar-refractivity contribution in [3.05, 3.63) is 0 Å². The monoisotopic (exact) mass is 261 g/mol. The van der Waals surface area contributed by atoms with Gasteiger partial charge in [0.1, 0.15) is 8.24 Å². The first-order valence-electron chi connectivity index (χ1n) is 5.76. The fourth-order valence-corrected chi connectivity index (χ4v) is 4.03. The van der Waals surface area contributed by atoms with Crippen molar-refractivity contribution >= 4 is 22.7 Å². The maximum absolute atomic E-state index is 11.5. The van der Waals surface area contributed by atoms with Crippen molar-refractivity contribution in [2.24, 2.45) is 0 Å². The Morgan fingerprint density at radius 2 is 1.75 bits per heavy atom. The highest BCUT2D eigenvalue weighted by Gasteiger charge is 2.40. The van der Waals surface area contributed by atoms with E-state index in [0.717, 1.165) is 13.0 Å². The van der Waals surface area contributed by atoms with Crippen LogP contribution in [-0.4, -0.2) is 40.0 Å². The van der Waals surface area contributed by atoms with Crippen LogP contribution in [-0.2, 0) is 9.16 Å². The summed E-state index contributed by atoms with van der Waals surface area (Å²) < 4.78 is 12.9. The molecular weight excluding hydrogens is 238 g/mol. The second-order valence-corrected chi connectivity index (χ2v) is 15.5. The van der Waals surface area contributed by atoms with Crippen LogP contribution < -0.4 is 0 Å². The molecule has 0 unspecified atom stereocenters. The summed E-state index contributed by atoms with van der Waals surface area (Å²) in [5, 5.41) is 0. The number of carbonyl (C=O) groups excluding carboxylic acids is 1. The molecule has 6 heteroatoms. The molecule has 0 aromatic heterocycles. The van der Waals surface area contributed by atoms with Gasteiger partial charge in [0.25, 0.3) is 8.32 Å². The third-order valence-electron chi connectivity index (χ3n) is 2.45. The van der Waals surface area contributed by atoms with E-state index in [2.05, 4.69) is 24.2 Å². The topological polar surface area (TPSA) is 38.8 Å². The summed E-state index contributed by atoms with van der Waals surface area (Å²) in [5.74, 6) is 0.